The van der Waals surface area contributed by atoms with Crippen molar-refractivity contribution in [3.63, 3.8) is 0 Å². The normalized spacial score (nSPS) is 11.9. The zero-order valence-corrected chi connectivity index (χ0v) is 22.4. The minimum Gasteiger partial charge on any atom is -0.354 e. The molecule has 9 rings (SSSR count). The number of nitrogens with one attached hydrogen (secondary N) is 1. The van der Waals surface area contributed by atoms with Crippen LogP contribution in [0.3, 0.4) is 0 Å². The minimum atomic E-state index is 1.17. The molecule has 1 aromatic heterocycles. The van der Waals surface area contributed by atoms with Crippen molar-refractivity contribution in [2.24, 2.45) is 0 Å². The van der Waals surface area contributed by atoms with E-state index >= 15 is 0 Å². The maximum atomic E-state index is 3.80. The van der Waals surface area contributed by atoms with Gasteiger partial charge < -0.3 is 4.98 Å². The van der Waals surface area contributed by atoms with Crippen LogP contribution in [0.5, 0.6) is 0 Å². The number of aromatic amines is 1. The number of fused-ring (bicyclic) bond motifs is 10. The first-order chi connectivity index (χ1) is 20.4. The number of H-pyrrole nitrogens is 1. The lowest BCUT2D eigenvalue weighted by molar-refractivity contribution is 1.56. The van der Waals surface area contributed by atoms with Crippen LogP contribution in [0.25, 0.3) is 87.1 Å². The maximum Gasteiger partial charge on any atom is 0.0551 e. The topological polar surface area (TPSA) is 15.8 Å². The van der Waals surface area contributed by atoms with E-state index in [1.165, 1.54) is 87.1 Å². The van der Waals surface area contributed by atoms with Crippen LogP contribution in [-0.2, 0) is 0 Å². The molecule has 0 bridgehead atoms. The number of aromatic nitrogens is 1. The Hall–Kier alpha value is -5.40. The molecule has 9 aromatic rings. The standard InChI is InChI=1S/C40H25N/c1-2-12-25(13-3-1)37-30-17-7-9-19-32(30)38(33-20-10-8-18-31(33)37)26-22-23-36-35(24-26)39-29-16-6-4-14-27(29)28-15-5-11-21-34(28)40(39)41-36/h1-24,41H. The SMILES string of the molecule is c1ccc(-c2c3ccccc3c(-c3ccc4[nH]c5c6ccccc6c6ccccc6c5c4c3)c3ccccc23)cc1. The van der Waals surface area contributed by atoms with Gasteiger partial charge in [-0.2, -0.15) is 0 Å². The van der Waals surface area contributed by atoms with Gasteiger partial charge >= 0.3 is 0 Å². The van der Waals surface area contributed by atoms with Crippen molar-refractivity contribution in [2.45, 2.75) is 0 Å². The van der Waals surface area contributed by atoms with E-state index in [0.717, 1.165) is 0 Å². The lowest BCUT2D eigenvalue weighted by Crippen LogP contribution is -1.90. The molecule has 0 aliphatic carbocycles. The predicted octanol–water partition coefficient (Wildman–Crippen LogP) is 11.3. The zero-order chi connectivity index (χ0) is 26.9. The molecule has 8 aromatic carbocycles. The summed E-state index contributed by atoms with van der Waals surface area (Å²) in [6.07, 6.45) is 0. The highest BCUT2D eigenvalue weighted by atomic mass is 14.7. The number of hydrogen-bond acceptors (Lipinski definition) is 0. The fourth-order valence-corrected chi connectivity index (χ4v) is 7.06. The van der Waals surface area contributed by atoms with Crippen LogP contribution in [0.2, 0.25) is 0 Å². The fraction of sp³-hybridized carbons (Fsp3) is 0. The Balaban J connectivity index is 1.43. The van der Waals surface area contributed by atoms with Gasteiger partial charge in [0.1, 0.15) is 0 Å². The van der Waals surface area contributed by atoms with Crippen LogP contribution in [0.1, 0.15) is 0 Å². The zero-order valence-electron chi connectivity index (χ0n) is 22.4. The second-order valence-electron chi connectivity index (χ2n) is 10.9. The highest BCUT2D eigenvalue weighted by molar-refractivity contribution is 6.32. The van der Waals surface area contributed by atoms with Crippen LogP contribution in [0.4, 0.5) is 0 Å². The second-order valence-corrected chi connectivity index (χ2v) is 10.9. The van der Waals surface area contributed by atoms with Crippen molar-refractivity contribution in [2.75, 3.05) is 0 Å². The summed E-state index contributed by atoms with van der Waals surface area (Å²) in [6, 6.07) is 53.1. The van der Waals surface area contributed by atoms with Crippen LogP contribution in [0.15, 0.2) is 146 Å². The summed E-state index contributed by atoms with van der Waals surface area (Å²) in [6.45, 7) is 0. The van der Waals surface area contributed by atoms with Crippen LogP contribution >= 0.6 is 0 Å². The van der Waals surface area contributed by atoms with Gasteiger partial charge in [-0.3, -0.25) is 0 Å². The average molecular weight is 520 g/mol. The van der Waals surface area contributed by atoms with Crippen molar-refractivity contribution in [1.29, 1.82) is 0 Å². The number of rotatable bonds is 2. The van der Waals surface area contributed by atoms with Crippen LogP contribution in [-0.4, -0.2) is 4.98 Å². The predicted molar refractivity (Wildman–Crippen MR) is 177 cm³/mol. The third kappa shape index (κ3) is 3.18. The molecule has 0 fully saturated rings. The van der Waals surface area contributed by atoms with E-state index in [1.807, 2.05) is 0 Å². The van der Waals surface area contributed by atoms with Gasteiger partial charge in [0.2, 0.25) is 0 Å². The van der Waals surface area contributed by atoms with Gasteiger partial charge in [-0.05, 0) is 72.1 Å². The van der Waals surface area contributed by atoms with Gasteiger partial charge in [-0.25, -0.2) is 0 Å². The molecular formula is C40H25N. The molecule has 1 heterocycles. The van der Waals surface area contributed by atoms with Gasteiger partial charge in [0.15, 0.2) is 0 Å². The third-order valence-electron chi connectivity index (χ3n) is 8.76. The molecule has 190 valence electrons. The lowest BCUT2D eigenvalue weighted by atomic mass is 9.85. The number of hydrogen-bond donors (Lipinski definition) is 1. The monoisotopic (exact) mass is 519 g/mol. The Labute approximate surface area is 237 Å². The molecule has 0 atom stereocenters. The quantitative estimate of drug-likeness (QED) is 0.173. The largest absolute Gasteiger partial charge is 0.354 e. The van der Waals surface area contributed by atoms with Crippen molar-refractivity contribution in [3.05, 3.63) is 146 Å². The lowest BCUT2D eigenvalue weighted by Gasteiger charge is -2.17. The summed E-state index contributed by atoms with van der Waals surface area (Å²) < 4.78 is 0. The van der Waals surface area contributed by atoms with Gasteiger partial charge in [-0.1, -0.05) is 133 Å². The first kappa shape index (κ1) is 22.4. The van der Waals surface area contributed by atoms with Crippen molar-refractivity contribution in [3.8, 4) is 22.3 Å². The fourth-order valence-electron chi connectivity index (χ4n) is 7.06. The smallest absolute Gasteiger partial charge is 0.0551 e. The Morgan fingerprint density at radius 1 is 0.317 bits per heavy atom. The summed E-state index contributed by atoms with van der Waals surface area (Å²) in [5.41, 5.74) is 7.45. The molecule has 1 nitrogen and oxygen atoms in total. The maximum absolute atomic E-state index is 3.80. The first-order valence-corrected chi connectivity index (χ1v) is 14.2. The van der Waals surface area contributed by atoms with Crippen molar-refractivity contribution < 1.29 is 0 Å². The molecule has 0 aliphatic heterocycles. The molecule has 0 saturated carbocycles. The van der Waals surface area contributed by atoms with E-state index in [1.54, 1.807) is 0 Å². The Morgan fingerprint density at radius 2 is 0.780 bits per heavy atom. The van der Waals surface area contributed by atoms with Crippen LogP contribution in [0, 0.1) is 0 Å². The molecule has 0 aliphatic rings. The summed E-state index contributed by atoms with van der Waals surface area (Å²) in [5.74, 6) is 0. The van der Waals surface area contributed by atoms with Gasteiger partial charge in [0.25, 0.3) is 0 Å². The highest BCUT2D eigenvalue weighted by Gasteiger charge is 2.18. The average Bonchev–Trinajstić information content (AvgIpc) is 3.43. The highest BCUT2D eigenvalue weighted by Crippen LogP contribution is 2.45. The van der Waals surface area contributed by atoms with E-state index in [4.69, 9.17) is 0 Å². The van der Waals surface area contributed by atoms with E-state index < -0.39 is 0 Å². The Kier molecular flexibility index (Phi) is 4.67. The molecule has 0 spiro atoms. The first-order valence-electron chi connectivity index (χ1n) is 14.2. The van der Waals surface area contributed by atoms with Gasteiger partial charge in [0.05, 0.1) is 5.52 Å². The van der Waals surface area contributed by atoms with E-state index in [0.29, 0.717) is 0 Å². The molecule has 41 heavy (non-hydrogen) atoms. The van der Waals surface area contributed by atoms with Crippen molar-refractivity contribution in [1.82, 2.24) is 4.98 Å². The van der Waals surface area contributed by atoms with Gasteiger partial charge in [-0.15, -0.1) is 0 Å². The van der Waals surface area contributed by atoms with Crippen molar-refractivity contribution >= 4 is 64.9 Å². The molecule has 0 amide bonds. The molecule has 0 unspecified atom stereocenters. The number of benzene rings is 8. The Morgan fingerprint density at radius 3 is 1.39 bits per heavy atom. The second kappa shape index (κ2) is 8.55. The molecular weight excluding hydrogens is 494 g/mol. The third-order valence-corrected chi connectivity index (χ3v) is 8.76. The summed E-state index contributed by atoms with van der Waals surface area (Å²) in [7, 11) is 0. The Bertz CT molecular complexity index is 2410. The van der Waals surface area contributed by atoms with E-state index in [-0.39, 0.29) is 0 Å². The summed E-state index contributed by atoms with van der Waals surface area (Å²) in [4.78, 5) is 3.80. The molecule has 1 N–H and O–H groups in total. The van der Waals surface area contributed by atoms with Gasteiger partial charge in [0, 0.05) is 21.7 Å². The summed E-state index contributed by atoms with van der Waals surface area (Å²) >= 11 is 0. The van der Waals surface area contributed by atoms with E-state index in [9.17, 15) is 0 Å². The molecule has 0 saturated heterocycles. The molecule has 0 radical (unpaired) electrons. The summed E-state index contributed by atoms with van der Waals surface area (Å²) in [5, 5.41) is 12.8. The van der Waals surface area contributed by atoms with Crippen LogP contribution < -0.4 is 0 Å². The molecule has 1 heteroatoms. The minimum absolute atomic E-state index is 1.17. The van der Waals surface area contributed by atoms with E-state index in [2.05, 4.69) is 151 Å².